The molecule has 1 aliphatic heterocycles. The smallest absolute Gasteiger partial charge is 0.111 e. The third kappa shape index (κ3) is 2.59. The summed E-state index contributed by atoms with van der Waals surface area (Å²) in [7, 11) is 0. The Morgan fingerprint density at radius 2 is 2.06 bits per heavy atom. The summed E-state index contributed by atoms with van der Waals surface area (Å²) < 4.78 is 10.7. The lowest BCUT2D eigenvalue weighted by Gasteiger charge is -2.16. The number of rotatable bonds is 4. The lowest BCUT2D eigenvalue weighted by molar-refractivity contribution is -0.0340. The summed E-state index contributed by atoms with van der Waals surface area (Å²) in [6, 6.07) is 9.75. The predicted molar refractivity (Wildman–Crippen MR) is 57.9 cm³/mol. The van der Waals surface area contributed by atoms with E-state index in [1.165, 1.54) is 0 Å². The maximum atomic E-state index is 9.72. The molecule has 1 saturated heterocycles. The van der Waals surface area contributed by atoms with E-state index in [1.807, 2.05) is 30.3 Å². The van der Waals surface area contributed by atoms with Gasteiger partial charge in [0, 0.05) is 0 Å². The summed E-state index contributed by atoms with van der Waals surface area (Å²) in [5, 5.41) is 18.6. The van der Waals surface area contributed by atoms with Gasteiger partial charge in [-0.05, 0) is 5.56 Å². The first-order valence-corrected chi connectivity index (χ1v) is 5.37. The summed E-state index contributed by atoms with van der Waals surface area (Å²) in [4.78, 5) is 0. The van der Waals surface area contributed by atoms with E-state index >= 15 is 0 Å². The van der Waals surface area contributed by atoms with Crippen LogP contribution >= 0.6 is 0 Å². The summed E-state index contributed by atoms with van der Waals surface area (Å²) >= 11 is 0. The third-order valence-electron chi connectivity index (χ3n) is 2.72. The predicted octanol–water partition coefficient (Wildman–Crippen LogP) is 0.324. The minimum atomic E-state index is -0.742. The van der Waals surface area contributed by atoms with E-state index in [1.54, 1.807) is 0 Å². The summed E-state index contributed by atoms with van der Waals surface area (Å²) in [5.74, 6) is 0. The van der Waals surface area contributed by atoms with Gasteiger partial charge in [-0.3, -0.25) is 0 Å². The Labute approximate surface area is 94.4 Å². The van der Waals surface area contributed by atoms with E-state index in [2.05, 4.69) is 0 Å². The van der Waals surface area contributed by atoms with Crippen molar-refractivity contribution >= 4 is 0 Å². The number of ether oxygens (including phenoxy) is 2. The van der Waals surface area contributed by atoms with Gasteiger partial charge in [-0.15, -0.1) is 0 Å². The molecule has 16 heavy (non-hydrogen) atoms. The van der Waals surface area contributed by atoms with E-state index in [9.17, 15) is 5.11 Å². The van der Waals surface area contributed by atoms with Gasteiger partial charge in [-0.1, -0.05) is 30.3 Å². The maximum absolute atomic E-state index is 9.72. The van der Waals surface area contributed by atoms with Gasteiger partial charge in [-0.2, -0.15) is 0 Å². The molecule has 0 amide bonds. The molecule has 1 aromatic carbocycles. The zero-order valence-electron chi connectivity index (χ0n) is 8.95. The van der Waals surface area contributed by atoms with Gasteiger partial charge < -0.3 is 19.7 Å². The zero-order chi connectivity index (χ0) is 11.4. The second-order valence-corrected chi connectivity index (χ2v) is 3.88. The molecule has 0 bridgehead atoms. The topological polar surface area (TPSA) is 58.9 Å². The second kappa shape index (κ2) is 5.41. The molecule has 1 fully saturated rings. The molecule has 0 radical (unpaired) electrons. The number of aliphatic hydroxyl groups excluding tert-OH is 2. The molecule has 4 nitrogen and oxygen atoms in total. The lowest BCUT2D eigenvalue weighted by Crippen LogP contribution is -2.33. The largest absolute Gasteiger partial charge is 0.394 e. The average Bonchev–Trinajstić information content (AvgIpc) is 2.69. The Morgan fingerprint density at radius 1 is 1.31 bits per heavy atom. The third-order valence-corrected chi connectivity index (χ3v) is 2.72. The molecular formula is C12H16O4. The van der Waals surface area contributed by atoms with Gasteiger partial charge in [0.2, 0.25) is 0 Å². The van der Waals surface area contributed by atoms with E-state index in [-0.39, 0.29) is 12.7 Å². The molecule has 1 heterocycles. The molecule has 3 unspecified atom stereocenters. The minimum Gasteiger partial charge on any atom is -0.394 e. The molecule has 3 atom stereocenters. The molecule has 1 aromatic rings. The number of hydrogen-bond acceptors (Lipinski definition) is 4. The van der Waals surface area contributed by atoms with Gasteiger partial charge in [0.1, 0.15) is 18.3 Å². The Balaban J connectivity index is 1.83. The van der Waals surface area contributed by atoms with Crippen LogP contribution < -0.4 is 0 Å². The van der Waals surface area contributed by atoms with Crippen LogP contribution in [0, 0.1) is 0 Å². The van der Waals surface area contributed by atoms with E-state index in [0.29, 0.717) is 13.2 Å². The van der Waals surface area contributed by atoms with Crippen molar-refractivity contribution in [1.82, 2.24) is 0 Å². The van der Waals surface area contributed by atoms with Crippen LogP contribution in [0.5, 0.6) is 0 Å². The molecule has 4 heteroatoms. The summed E-state index contributed by atoms with van der Waals surface area (Å²) in [6.07, 6.45) is -1.60. The monoisotopic (exact) mass is 224 g/mol. The van der Waals surface area contributed by atoms with Crippen LogP contribution in [0.15, 0.2) is 30.3 Å². The molecule has 0 saturated carbocycles. The van der Waals surface area contributed by atoms with Gasteiger partial charge in [-0.25, -0.2) is 0 Å². The van der Waals surface area contributed by atoms with Crippen molar-refractivity contribution in [3.8, 4) is 0 Å². The fourth-order valence-electron chi connectivity index (χ4n) is 1.74. The zero-order valence-corrected chi connectivity index (χ0v) is 8.95. The molecule has 0 spiro atoms. The van der Waals surface area contributed by atoms with E-state index in [0.717, 1.165) is 5.56 Å². The average molecular weight is 224 g/mol. The molecule has 2 N–H and O–H groups in total. The van der Waals surface area contributed by atoms with Gasteiger partial charge >= 0.3 is 0 Å². The van der Waals surface area contributed by atoms with Crippen LogP contribution in [0.3, 0.4) is 0 Å². The van der Waals surface area contributed by atoms with Crippen molar-refractivity contribution in [3.63, 3.8) is 0 Å². The van der Waals surface area contributed by atoms with Crippen LogP contribution in [0.4, 0.5) is 0 Å². The second-order valence-electron chi connectivity index (χ2n) is 3.88. The van der Waals surface area contributed by atoms with Crippen LogP contribution in [-0.4, -0.2) is 41.7 Å². The Kier molecular flexibility index (Phi) is 3.90. The first kappa shape index (κ1) is 11.5. The van der Waals surface area contributed by atoms with Crippen molar-refractivity contribution in [3.05, 3.63) is 35.9 Å². The molecule has 88 valence electrons. The van der Waals surface area contributed by atoms with Gasteiger partial charge in [0.15, 0.2) is 0 Å². The number of aliphatic hydroxyl groups is 2. The van der Waals surface area contributed by atoms with Crippen LogP contribution in [-0.2, 0) is 16.1 Å². The standard InChI is InChI=1S/C12H16O4/c13-6-10-12(14)11(8-16-10)15-7-9-4-2-1-3-5-9/h1-5,10-14H,6-8H2. The first-order valence-electron chi connectivity index (χ1n) is 5.37. The quantitative estimate of drug-likeness (QED) is 0.773. The van der Waals surface area contributed by atoms with E-state index < -0.39 is 12.2 Å². The maximum Gasteiger partial charge on any atom is 0.111 e. The van der Waals surface area contributed by atoms with Crippen LogP contribution in [0.1, 0.15) is 5.56 Å². The molecule has 0 aromatic heterocycles. The highest BCUT2D eigenvalue weighted by molar-refractivity contribution is 5.13. The summed E-state index contributed by atoms with van der Waals surface area (Å²) in [6.45, 7) is 0.607. The lowest BCUT2D eigenvalue weighted by atomic mass is 10.1. The highest BCUT2D eigenvalue weighted by Gasteiger charge is 2.35. The van der Waals surface area contributed by atoms with Crippen molar-refractivity contribution in [2.75, 3.05) is 13.2 Å². The molecule has 1 aliphatic rings. The van der Waals surface area contributed by atoms with Crippen molar-refractivity contribution in [1.29, 1.82) is 0 Å². The Bertz CT molecular complexity index is 314. The Hall–Kier alpha value is -0.940. The van der Waals surface area contributed by atoms with Crippen molar-refractivity contribution in [2.24, 2.45) is 0 Å². The van der Waals surface area contributed by atoms with Crippen molar-refractivity contribution in [2.45, 2.75) is 24.9 Å². The van der Waals surface area contributed by atoms with Crippen molar-refractivity contribution < 1.29 is 19.7 Å². The first-order chi connectivity index (χ1) is 7.81. The Morgan fingerprint density at radius 3 is 2.69 bits per heavy atom. The van der Waals surface area contributed by atoms with Gasteiger partial charge in [0.25, 0.3) is 0 Å². The molecule has 0 aliphatic carbocycles. The highest BCUT2D eigenvalue weighted by Crippen LogP contribution is 2.18. The minimum absolute atomic E-state index is 0.174. The fourth-order valence-corrected chi connectivity index (χ4v) is 1.74. The molecule has 2 rings (SSSR count). The van der Waals surface area contributed by atoms with Gasteiger partial charge in [0.05, 0.1) is 19.8 Å². The highest BCUT2D eigenvalue weighted by atomic mass is 16.6. The van der Waals surface area contributed by atoms with Crippen LogP contribution in [0.25, 0.3) is 0 Å². The number of benzene rings is 1. The number of hydrogen-bond donors (Lipinski definition) is 2. The SMILES string of the molecule is OCC1OCC(OCc2ccccc2)C1O. The van der Waals surface area contributed by atoms with E-state index in [4.69, 9.17) is 14.6 Å². The summed E-state index contributed by atoms with van der Waals surface area (Å²) in [5.41, 5.74) is 1.06. The molecular weight excluding hydrogens is 208 g/mol. The van der Waals surface area contributed by atoms with Crippen LogP contribution in [0.2, 0.25) is 0 Å². The fraction of sp³-hybridized carbons (Fsp3) is 0.500. The normalized spacial score (nSPS) is 29.5.